The lowest BCUT2D eigenvalue weighted by Crippen LogP contribution is -2.22. The second-order valence-corrected chi connectivity index (χ2v) is 11.8. The van der Waals surface area contributed by atoms with Gasteiger partial charge in [-0.2, -0.15) is 0 Å². The van der Waals surface area contributed by atoms with Gasteiger partial charge < -0.3 is 9.13 Å². The molecule has 0 unspecified atom stereocenters. The Bertz CT molecular complexity index is 1420. The summed E-state index contributed by atoms with van der Waals surface area (Å²) in [6.45, 7) is 3.57. The standard InChI is InChI=1S/C24H28N6O2S2/c1-4-29-21-13-12-19(34(31,32)28(2)3)14-20(21)25-22(29)16-33-24-27-26-23(18-10-11-18)30(24)15-17-8-6-5-7-9-17/h5-9,12-14,18H,4,10-11,15-16H2,1-3H3. The zero-order valence-electron chi connectivity index (χ0n) is 19.5. The maximum atomic E-state index is 12.6. The van der Waals surface area contributed by atoms with E-state index >= 15 is 0 Å². The van der Waals surface area contributed by atoms with Gasteiger partial charge in [-0.05, 0) is 43.5 Å². The summed E-state index contributed by atoms with van der Waals surface area (Å²) in [6, 6.07) is 15.5. The topological polar surface area (TPSA) is 85.9 Å². The summed E-state index contributed by atoms with van der Waals surface area (Å²) in [6.07, 6.45) is 2.34. The minimum atomic E-state index is -3.51. The van der Waals surface area contributed by atoms with Crippen LogP contribution in [0.25, 0.3) is 11.0 Å². The summed E-state index contributed by atoms with van der Waals surface area (Å²) in [5, 5.41) is 9.92. The molecular weight excluding hydrogens is 468 g/mol. The third-order valence-corrected chi connectivity index (χ3v) is 8.87. The van der Waals surface area contributed by atoms with Crippen molar-refractivity contribution in [3.63, 3.8) is 0 Å². The van der Waals surface area contributed by atoms with Crippen molar-refractivity contribution in [3.05, 3.63) is 65.7 Å². The van der Waals surface area contributed by atoms with Crippen LogP contribution in [0.15, 0.2) is 58.6 Å². The fourth-order valence-corrected chi connectivity index (χ4v) is 5.90. The molecule has 2 aromatic carbocycles. The van der Waals surface area contributed by atoms with E-state index in [-0.39, 0.29) is 4.90 Å². The van der Waals surface area contributed by atoms with Gasteiger partial charge in [0.1, 0.15) is 11.6 Å². The average molecular weight is 497 g/mol. The molecule has 0 atom stereocenters. The summed E-state index contributed by atoms with van der Waals surface area (Å²) >= 11 is 1.62. The lowest BCUT2D eigenvalue weighted by atomic mass is 10.2. The highest BCUT2D eigenvalue weighted by atomic mass is 32.2. The SMILES string of the molecule is CCn1c(CSc2nnc(C3CC3)n2Cc2ccccc2)nc2cc(S(=O)(=O)N(C)C)ccc21. The number of sulfonamides is 1. The van der Waals surface area contributed by atoms with Crippen LogP contribution in [-0.2, 0) is 28.9 Å². The number of fused-ring (bicyclic) bond motifs is 1. The van der Waals surface area contributed by atoms with Crippen molar-refractivity contribution >= 4 is 32.8 Å². The molecule has 4 aromatic rings. The van der Waals surface area contributed by atoms with Crippen LogP contribution in [0.5, 0.6) is 0 Å². The van der Waals surface area contributed by atoms with Gasteiger partial charge in [-0.25, -0.2) is 17.7 Å². The van der Waals surface area contributed by atoms with Crippen molar-refractivity contribution < 1.29 is 8.42 Å². The van der Waals surface area contributed by atoms with Gasteiger partial charge in [-0.15, -0.1) is 10.2 Å². The second-order valence-electron chi connectivity index (χ2n) is 8.69. The Morgan fingerprint density at radius 1 is 1.06 bits per heavy atom. The van der Waals surface area contributed by atoms with Crippen molar-refractivity contribution in [1.82, 2.24) is 28.6 Å². The Morgan fingerprint density at radius 3 is 2.50 bits per heavy atom. The zero-order valence-corrected chi connectivity index (χ0v) is 21.2. The van der Waals surface area contributed by atoms with E-state index in [1.165, 1.54) is 36.8 Å². The second kappa shape index (κ2) is 9.16. The molecule has 0 aliphatic heterocycles. The van der Waals surface area contributed by atoms with Crippen LogP contribution in [0.3, 0.4) is 0 Å². The molecular formula is C24H28N6O2S2. The normalized spacial score (nSPS) is 14.4. The van der Waals surface area contributed by atoms with Gasteiger partial charge in [0.2, 0.25) is 10.0 Å². The molecule has 2 heterocycles. The van der Waals surface area contributed by atoms with Crippen LogP contribution < -0.4 is 0 Å². The summed E-state index contributed by atoms with van der Waals surface area (Å²) in [4.78, 5) is 5.05. The maximum absolute atomic E-state index is 12.6. The average Bonchev–Trinajstić information content (AvgIpc) is 3.50. The number of rotatable bonds is 9. The number of aromatic nitrogens is 5. The number of nitrogens with zero attached hydrogens (tertiary/aromatic N) is 6. The molecule has 0 bridgehead atoms. The van der Waals surface area contributed by atoms with Gasteiger partial charge in [-0.3, -0.25) is 0 Å². The number of aryl methyl sites for hydroxylation is 1. The summed E-state index contributed by atoms with van der Waals surface area (Å²) in [5.41, 5.74) is 2.84. The third kappa shape index (κ3) is 4.37. The van der Waals surface area contributed by atoms with Crippen LogP contribution in [0.1, 0.15) is 42.9 Å². The smallest absolute Gasteiger partial charge is 0.242 e. The van der Waals surface area contributed by atoms with Crippen molar-refractivity contribution in [2.75, 3.05) is 14.1 Å². The molecule has 0 amide bonds. The highest BCUT2D eigenvalue weighted by molar-refractivity contribution is 7.98. The summed E-state index contributed by atoms with van der Waals surface area (Å²) in [5.74, 6) is 3.08. The van der Waals surface area contributed by atoms with Gasteiger partial charge in [0.15, 0.2) is 5.16 Å². The molecule has 10 heteroatoms. The maximum Gasteiger partial charge on any atom is 0.242 e. The minimum Gasteiger partial charge on any atom is -0.328 e. The predicted octanol–water partition coefficient (Wildman–Crippen LogP) is 4.12. The van der Waals surface area contributed by atoms with Crippen molar-refractivity contribution in [1.29, 1.82) is 0 Å². The van der Waals surface area contributed by atoms with Crippen LogP contribution in [-0.4, -0.2) is 51.1 Å². The molecule has 1 aliphatic carbocycles. The van der Waals surface area contributed by atoms with Gasteiger partial charge in [0, 0.05) is 26.6 Å². The van der Waals surface area contributed by atoms with E-state index in [1.54, 1.807) is 23.9 Å². The van der Waals surface area contributed by atoms with Crippen LogP contribution in [0.4, 0.5) is 0 Å². The monoisotopic (exact) mass is 496 g/mol. The molecule has 1 fully saturated rings. The first kappa shape index (κ1) is 23.1. The van der Waals surface area contributed by atoms with Gasteiger partial charge in [0.05, 0.1) is 28.2 Å². The Kier molecular flexibility index (Phi) is 6.22. The molecule has 0 saturated heterocycles. The highest BCUT2D eigenvalue weighted by Crippen LogP contribution is 2.40. The van der Waals surface area contributed by atoms with E-state index in [9.17, 15) is 8.42 Å². The Labute approximate surface area is 204 Å². The van der Waals surface area contributed by atoms with E-state index in [4.69, 9.17) is 4.98 Å². The number of imidazole rings is 1. The first-order valence-corrected chi connectivity index (χ1v) is 13.8. The molecule has 8 nitrogen and oxygen atoms in total. The molecule has 5 rings (SSSR count). The lowest BCUT2D eigenvalue weighted by Gasteiger charge is -2.11. The molecule has 1 aliphatic rings. The van der Waals surface area contributed by atoms with Crippen LogP contribution >= 0.6 is 11.8 Å². The Hall–Kier alpha value is -2.69. The highest BCUT2D eigenvalue weighted by Gasteiger charge is 2.30. The van der Waals surface area contributed by atoms with Gasteiger partial charge in [-0.1, -0.05) is 42.1 Å². The first-order valence-electron chi connectivity index (χ1n) is 11.4. The predicted molar refractivity (Wildman–Crippen MR) is 133 cm³/mol. The van der Waals surface area contributed by atoms with Crippen molar-refractivity contribution in [2.45, 2.75) is 54.6 Å². The number of hydrogen-bond acceptors (Lipinski definition) is 6. The number of benzene rings is 2. The van der Waals surface area contributed by atoms with E-state index in [0.29, 0.717) is 17.2 Å². The van der Waals surface area contributed by atoms with Gasteiger partial charge >= 0.3 is 0 Å². The third-order valence-electron chi connectivity index (χ3n) is 6.10. The molecule has 2 aromatic heterocycles. The quantitative estimate of drug-likeness (QED) is 0.324. The molecule has 34 heavy (non-hydrogen) atoms. The van der Waals surface area contributed by atoms with Crippen LogP contribution in [0.2, 0.25) is 0 Å². The van der Waals surface area contributed by atoms with Crippen LogP contribution in [0, 0.1) is 0 Å². The largest absolute Gasteiger partial charge is 0.328 e. The lowest BCUT2D eigenvalue weighted by molar-refractivity contribution is 0.521. The Morgan fingerprint density at radius 2 is 1.82 bits per heavy atom. The molecule has 0 radical (unpaired) electrons. The number of thioether (sulfide) groups is 1. The molecule has 0 N–H and O–H groups in total. The minimum absolute atomic E-state index is 0.252. The summed E-state index contributed by atoms with van der Waals surface area (Å²) in [7, 11) is -0.441. The Balaban J connectivity index is 1.44. The first-order chi connectivity index (χ1) is 16.4. The van der Waals surface area contributed by atoms with E-state index in [2.05, 4.69) is 50.5 Å². The molecule has 1 saturated carbocycles. The number of hydrogen-bond donors (Lipinski definition) is 0. The van der Waals surface area contributed by atoms with Crippen molar-refractivity contribution in [3.8, 4) is 0 Å². The van der Waals surface area contributed by atoms with E-state index < -0.39 is 10.0 Å². The fraction of sp³-hybridized carbons (Fsp3) is 0.375. The van der Waals surface area contributed by atoms with E-state index in [1.807, 2.05) is 12.1 Å². The van der Waals surface area contributed by atoms with Crippen molar-refractivity contribution in [2.24, 2.45) is 0 Å². The van der Waals surface area contributed by atoms with E-state index in [0.717, 1.165) is 35.4 Å². The van der Waals surface area contributed by atoms with Gasteiger partial charge in [0.25, 0.3) is 0 Å². The zero-order chi connectivity index (χ0) is 23.9. The molecule has 0 spiro atoms. The summed E-state index contributed by atoms with van der Waals surface area (Å²) < 4.78 is 30.7. The fourth-order valence-electron chi connectivity index (χ4n) is 4.09. The molecule has 178 valence electrons.